The van der Waals surface area contributed by atoms with E-state index >= 15 is 0 Å². The van der Waals surface area contributed by atoms with Crippen LogP contribution in [0.15, 0.2) is 12.4 Å². The summed E-state index contributed by atoms with van der Waals surface area (Å²) < 4.78 is 0. The molecule has 30 heavy (non-hydrogen) atoms. The molecule has 0 spiro atoms. The van der Waals surface area contributed by atoms with Crippen LogP contribution in [0.3, 0.4) is 0 Å². The molecule has 0 aromatic rings. The molecule has 0 radical (unpaired) electrons. The number of rotatable bonds is 21. The monoisotopic (exact) mass is 420 g/mol. The molecule has 0 saturated carbocycles. The third kappa shape index (κ3) is 12.9. The van der Waals surface area contributed by atoms with Crippen LogP contribution < -0.4 is 0 Å². The first-order valence-corrected chi connectivity index (χ1v) is 13.9. The van der Waals surface area contributed by atoms with Crippen molar-refractivity contribution in [3.05, 3.63) is 12.4 Å². The summed E-state index contributed by atoms with van der Waals surface area (Å²) in [6, 6.07) is 0.610. The van der Waals surface area contributed by atoms with E-state index in [0.717, 1.165) is 0 Å². The van der Waals surface area contributed by atoms with E-state index in [0.29, 0.717) is 12.2 Å². The number of nitrogens with zero attached hydrogens (tertiary/aromatic N) is 2. The second kappa shape index (κ2) is 19.1. The van der Waals surface area contributed by atoms with E-state index in [9.17, 15) is 0 Å². The molecule has 0 N–H and O–H groups in total. The Morgan fingerprint density at radius 3 is 1.43 bits per heavy atom. The minimum Gasteiger partial charge on any atom is -0.356 e. The van der Waals surface area contributed by atoms with Gasteiger partial charge in [-0.3, -0.25) is 0 Å². The lowest BCUT2D eigenvalue weighted by Gasteiger charge is -2.35. The number of hydrogen-bond donors (Lipinski definition) is 0. The Bertz CT molecular complexity index is 390. The van der Waals surface area contributed by atoms with Gasteiger partial charge in [-0.2, -0.15) is 0 Å². The van der Waals surface area contributed by atoms with Crippen molar-refractivity contribution >= 4 is 0 Å². The maximum atomic E-state index is 2.59. The van der Waals surface area contributed by atoms with Crippen LogP contribution in [0.5, 0.6) is 0 Å². The molecule has 0 fully saturated rings. The first-order valence-electron chi connectivity index (χ1n) is 13.9. The van der Waals surface area contributed by atoms with Crippen molar-refractivity contribution in [1.29, 1.82) is 0 Å². The lowest BCUT2D eigenvalue weighted by Crippen LogP contribution is -2.42. The molecule has 2 heteroatoms. The van der Waals surface area contributed by atoms with E-state index in [2.05, 4.69) is 49.9 Å². The highest BCUT2D eigenvalue weighted by atomic mass is 15.4. The molecule has 1 rings (SSSR count). The molecule has 1 aliphatic rings. The molecule has 0 saturated heterocycles. The van der Waals surface area contributed by atoms with Crippen LogP contribution in [-0.4, -0.2) is 28.6 Å². The summed E-state index contributed by atoms with van der Waals surface area (Å²) in [4.78, 5) is 5.16. The van der Waals surface area contributed by atoms with Crippen LogP contribution in [0, 0.1) is 0 Å². The zero-order valence-corrected chi connectivity index (χ0v) is 21.3. The predicted octanol–water partition coefficient (Wildman–Crippen LogP) is 9.26. The van der Waals surface area contributed by atoms with Gasteiger partial charge in [0.05, 0.1) is 0 Å². The standard InChI is InChI=1S/C28H56N2/c1-5-7-9-10-11-12-13-14-15-16-17-18-19-20-21-22-23-28-29(24-8-6-2)25-26-30(28)27(3)4/h25-28H,5-24H2,1-4H3. The molecule has 0 aromatic carbocycles. The minimum atomic E-state index is 0.610. The maximum Gasteiger partial charge on any atom is 0.101 e. The summed E-state index contributed by atoms with van der Waals surface area (Å²) in [5.41, 5.74) is 0. The van der Waals surface area contributed by atoms with Crippen molar-refractivity contribution in [1.82, 2.24) is 9.80 Å². The largest absolute Gasteiger partial charge is 0.356 e. The minimum absolute atomic E-state index is 0.610. The van der Waals surface area contributed by atoms with E-state index in [1.165, 1.54) is 129 Å². The zero-order valence-electron chi connectivity index (χ0n) is 21.3. The fourth-order valence-corrected chi connectivity index (χ4v) is 4.80. The molecule has 1 atom stereocenters. The van der Waals surface area contributed by atoms with Crippen molar-refractivity contribution < 1.29 is 0 Å². The fraction of sp³-hybridized carbons (Fsp3) is 0.929. The predicted molar refractivity (Wildman–Crippen MR) is 136 cm³/mol. The Morgan fingerprint density at radius 1 is 0.567 bits per heavy atom. The summed E-state index contributed by atoms with van der Waals surface area (Å²) in [5.74, 6) is 0. The van der Waals surface area contributed by atoms with Crippen LogP contribution in [0.4, 0.5) is 0 Å². The van der Waals surface area contributed by atoms with Crippen LogP contribution in [0.1, 0.15) is 150 Å². The Kier molecular flexibility index (Phi) is 17.4. The van der Waals surface area contributed by atoms with Gasteiger partial charge >= 0.3 is 0 Å². The van der Waals surface area contributed by atoms with Crippen LogP contribution in [0.2, 0.25) is 0 Å². The van der Waals surface area contributed by atoms with Gasteiger partial charge in [0.1, 0.15) is 6.17 Å². The zero-order chi connectivity index (χ0) is 21.9. The molecule has 1 aliphatic heterocycles. The van der Waals surface area contributed by atoms with Gasteiger partial charge in [-0.25, -0.2) is 0 Å². The second-order valence-electron chi connectivity index (χ2n) is 10.0. The topological polar surface area (TPSA) is 6.48 Å². The summed E-state index contributed by atoms with van der Waals surface area (Å²) in [6.45, 7) is 10.5. The van der Waals surface area contributed by atoms with E-state index in [1.54, 1.807) is 0 Å². The molecule has 1 unspecified atom stereocenters. The van der Waals surface area contributed by atoms with Crippen molar-refractivity contribution in [3.63, 3.8) is 0 Å². The average Bonchev–Trinajstić information content (AvgIpc) is 3.15. The molecule has 0 amide bonds. The summed E-state index contributed by atoms with van der Waals surface area (Å²) in [5, 5.41) is 0. The Balaban J connectivity index is 1.92. The van der Waals surface area contributed by atoms with Crippen molar-refractivity contribution in [2.75, 3.05) is 6.54 Å². The van der Waals surface area contributed by atoms with Gasteiger partial charge < -0.3 is 9.80 Å². The maximum absolute atomic E-state index is 2.59. The van der Waals surface area contributed by atoms with Gasteiger partial charge in [-0.05, 0) is 33.1 Å². The highest BCUT2D eigenvalue weighted by molar-refractivity contribution is 4.98. The van der Waals surface area contributed by atoms with Crippen LogP contribution in [0.25, 0.3) is 0 Å². The molecule has 0 bridgehead atoms. The molecule has 0 aromatic heterocycles. The lowest BCUT2D eigenvalue weighted by molar-refractivity contribution is 0.114. The third-order valence-corrected chi connectivity index (χ3v) is 6.84. The average molecular weight is 421 g/mol. The van der Waals surface area contributed by atoms with Gasteiger partial charge in [0.15, 0.2) is 0 Å². The summed E-state index contributed by atoms with van der Waals surface area (Å²) >= 11 is 0. The van der Waals surface area contributed by atoms with Crippen molar-refractivity contribution in [2.24, 2.45) is 0 Å². The van der Waals surface area contributed by atoms with E-state index in [-0.39, 0.29) is 0 Å². The first kappa shape index (κ1) is 27.4. The quantitative estimate of drug-likeness (QED) is 0.171. The molecule has 0 aliphatic carbocycles. The normalized spacial score (nSPS) is 16.4. The number of hydrogen-bond acceptors (Lipinski definition) is 2. The fourth-order valence-electron chi connectivity index (χ4n) is 4.80. The highest BCUT2D eigenvalue weighted by Gasteiger charge is 2.26. The van der Waals surface area contributed by atoms with Gasteiger partial charge in [0.25, 0.3) is 0 Å². The molecular weight excluding hydrogens is 364 g/mol. The van der Waals surface area contributed by atoms with E-state index in [4.69, 9.17) is 0 Å². The Hall–Kier alpha value is -0.660. The summed E-state index contributed by atoms with van der Waals surface area (Å²) in [7, 11) is 0. The van der Waals surface area contributed by atoms with E-state index < -0.39 is 0 Å². The highest BCUT2D eigenvalue weighted by Crippen LogP contribution is 2.24. The van der Waals surface area contributed by atoms with Crippen molar-refractivity contribution in [2.45, 2.75) is 162 Å². The van der Waals surface area contributed by atoms with E-state index in [1.807, 2.05) is 0 Å². The lowest BCUT2D eigenvalue weighted by atomic mass is 10.0. The van der Waals surface area contributed by atoms with Gasteiger partial charge in [0, 0.05) is 25.0 Å². The SMILES string of the molecule is CCCCCCCCCCCCCCCCCCC1N(CCCC)C=CN1C(C)C. The third-order valence-electron chi connectivity index (χ3n) is 6.84. The van der Waals surface area contributed by atoms with Crippen LogP contribution >= 0.6 is 0 Å². The molecule has 178 valence electrons. The smallest absolute Gasteiger partial charge is 0.101 e. The van der Waals surface area contributed by atoms with Gasteiger partial charge in [-0.1, -0.05) is 117 Å². The second-order valence-corrected chi connectivity index (χ2v) is 10.0. The number of unbranched alkanes of at least 4 members (excludes halogenated alkanes) is 16. The van der Waals surface area contributed by atoms with Crippen LogP contribution in [-0.2, 0) is 0 Å². The Labute approximate surface area is 190 Å². The van der Waals surface area contributed by atoms with Crippen molar-refractivity contribution in [3.8, 4) is 0 Å². The summed E-state index contributed by atoms with van der Waals surface area (Å²) in [6.07, 6.45) is 32.4. The Morgan fingerprint density at radius 2 is 1.00 bits per heavy atom. The van der Waals surface area contributed by atoms with Gasteiger partial charge in [0.2, 0.25) is 0 Å². The van der Waals surface area contributed by atoms with Gasteiger partial charge in [-0.15, -0.1) is 0 Å². The first-order chi connectivity index (χ1) is 14.7. The molecule has 2 nitrogen and oxygen atoms in total. The molecular formula is C28H56N2. The molecule has 1 heterocycles.